The molecule has 134 valence electrons. The van der Waals surface area contributed by atoms with Gasteiger partial charge in [0.25, 0.3) is 0 Å². The zero-order chi connectivity index (χ0) is 20.5. The molecule has 0 saturated heterocycles. The largest absolute Gasteiger partial charge is 0.456 e. The van der Waals surface area contributed by atoms with Gasteiger partial charge < -0.3 is 8.83 Å². The number of thiophene rings is 2. The molecule has 0 fully saturated rings. The average Bonchev–Trinajstić information content (AvgIpc) is 3.46. The highest BCUT2D eigenvalue weighted by Crippen LogP contribution is 2.44. The van der Waals surface area contributed by atoms with Gasteiger partial charge in [0.15, 0.2) is 0 Å². The third kappa shape index (κ3) is 2.42. The van der Waals surface area contributed by atoms with Gasteiger partial charge in [0, 0.05) is 9.75 Å². The molecule has 1 aliphatic heterocycles. The summed E-state index contributed by atoms with van der Waals surface area (Å²) in [4.78, 5) is 4.83. The van der Waals surface area contributed by atoms with Gasteiger partial charge in [-0.2, -0.15) is 0 Å². The van der Waals surface area contributed by atoms with Crippen molar-refractivity contribution in [1.29, 1.82) is 0 Å². The molecule has 0 amide bonds. The Labute approximate surface area is 169 Å². The lowest BCUT2D eigenvalue weighted by molar-refractivity contribution is 0.573. The second-order valence-electron chi connectivity index (χ2n) is 7.01. The second kappa shape index (κ2) is 5.83. The van der Waals surface area contributed by atoms with Crippen molar-refractivity contribution in [3.8, 4) is 31.0 Å². The number of hydrogen-bond acceptors (Lipinski definition) is 4. The SMILES string of the molecule is [2H]C(=C)c1ccc(-c2cc3c(s2)-c2sc(-c4ccc(C([2H])=C)o4)cc2[Si]3(C)C)o1. The first-order chi connectivity index (χ1) is 13.8. The molecule has 0 radical (unpaired) electrons. The summed E-state index contributed by atoms with van der Waals surface area (Å²) >= 11 is 3.50. The molecule has 2 nitrogen and oxygen atoms in total. The zero-order valence-corrected chi connectivity index (χ0v) is 17.6. The van der Waals surface area contributed by atoms with Crippen LogP contribution in [-0.2, 0) is 0 Å². The van der Waals surface area contributed by atoms with Gasteiger partial charge in [-0.3, -0.25) is 0 Å². The van der Waals surface area contributed by atoms with Crippen molar-refractivity contribution in [2.75, 3.05) is 0 Å². The van der Waals surface area contributed by atoms with Crippen molar-refractivity contribution in [2.45, 2.75) is 13.1 Å². The topological polar surface area (TPSA) is 26.3 Å². The molecular formula is C22H18O2S2Si. The lowest BCUT2D eigenvalue weighted by Crippen LogP contribution is -2.48. The van der Waals surface area contributed by atoms with Gasteiger partial charge in [0.1, 0.15) is 31.1 Å². The van der Waals surface area contributed by atoms with Crippen LogP contribution in [0, 0.1) is 0 Å². The summed E-state index contributed by atoms with van der Waals surface area (Å²) in [5.74, 6) is 2.60. The van der Waals surface area contributed by atoms with Crippen LogP contribution >= 0.6 is 22.7 Å². The molecule has 0 atom stereocenters. The molecule has 0 bridgehead atoms. The smallest absolute Gasteiger partial charge is 0.144 e. The Hall–Kier alpha value is -2.34. The lowest BCUT2D eigenvalue weighted by Gasteiger charge is -2.16. The highest BCUT2D eigenvalue weighted by atomic mass is 32.1. The van der Waals surface area contributed by atoms with Crippen molar-refractivity contribution in [3.05, 3.63) is 61.1 Å². The van der Waals surface area contributed by atoms with Crippen LogP contribution in [0.4, 0.5) is 0 Å². The van der Waals surface area contributed by atoms with E-state index in [4.69, 9.17) is 11.6 Å². The van der Waals surface area contributed by atoms with E-state index in [2.05, 4.69) is 38.4 Å². The van der Waals surface area contributed by atoms with Crippen LogP contribution < -0.4 is 10.4 Å². The maximum atomic E-state index is 7.66. The fourth-order valence-electron chi connectivity index (χ4n) is 3.57. The molecule has 5 heteroatoms. The summed E-state index contributed by atoms with van der Waals surface area (Å²) < 4.78 is 27.0. The van der Waals surface area contributed by atoms with E-state index in [0.717, 1.165) is 21.3 Å². The molecule has 5 heterocycles. The summed E-state index contributed by atoms with van der Waals surface area (Å²) in [5, 5.41) is 2.88. The first-order valence-corrected chi connectivity index (χ1v) is 13.2. The van der Waals surface area contributed by atoms with Gasteiger partial charge >= 0.3 is 0 Å². The van der Waals surface area contributed by atoms with Crippen LogP contribution in [0.5, 0.6) is 0 Å². The first-order valence-electron chi connectivity index (χ1n) is 9.57. The standard InChI is InChI=1S/C22H18O2S2Si/c1-5-13-7-9-15(23-13)17-11-19-21(25-17)22-20(27(19,3)4)12-18(26-22)16-10-8-14(6-2)24-16/h5-12H,1-2H2,3-4H3/i5D,6D. The quantitative estimate of drug-likeness (QED) is 0.364. The van der Waals surface area contributed by atoms with Gasteiger partial charge in [-0.15, -0.1) is 22.7 Å². The molecule has 0 aromatic carbocycles. The Morgan fingerprint density at radius 1 is 0.852 bits per heavy atom. The van der Waals surface area contributed by atoms with Crippen LogP contribution in [-0.4, -0.2) is 8.07 Å². The van der Waals surface area contributed by atoms with E-state index >= 15 is 0 Å². The Balaban J connectivity index is 1.59. The van der Waals surface area contributed by atoms with Crippen LogP contribution in [0.15, 0.2) is 58.4 Å². The minimum atomic E-state index is -1.81. The maximum absolute atomic E-state index is 7.66. The Kier molecular flexibility index (Phi) is 3.17. The predicted molar refractivity (Wildman–Crippen MR) is 120 cm³/mol. The maximum Gasteiger partial charge on any atom is 0.144 e. The molecule has 0 N–H and O–H groups in total. The molecule has 0 unspecified atom stereocenters. The average molecular weight is 409 g/mol. The molecule has 1 aliphatic rings. The van der Waals surface area contributed by atoms with Crippen LogP contribution in [0.25, 0.3) is 43.1 Å². The minimum Gasteiger partial charge on any atom is -0.456 e. The normalized spacial score (nSPS) is 15.2. The number of hydrogen-bond donors (Lipinski definition) is 0. The first kappa shape index (κ1) is 14.7. The molecule has 5 rings (SSSR count). The lowest BCUT2D eigenvalue weighted by atomic mass is 10.3. The van der Waals surface area contributed by atoms with E-state index in [9.17, 15) is 0 Å². The zero-order valence-electron chi connectivity index (χ0n) is 17.0. The Morgan fingerprint density at radius 3 is 1.67 bits per heavy atom. The summed E-state index contributed by atoms with van der Waals surface area (Å²) in [6, 6.07) is 12.4. The summed E-state index contributed by atoms with van der Waals surface area (Å²) in [7, 11) is -1.81. The van der Waals surface area contributed by atoms with Crippen LogP contribution in [0.2, 0.25) is 13.1 Å². The van der Waals surface area contributed by atoms with E-state index < -0.39 is 8.07 Å². The summed E-state index contributed by atoms with van der Waals surface area (Å²) in [6.07, 6.45) is 0. The number of rotatable bonds is 4. The van der Waals surface area contributed by atoms with E-state index in [1.165, 1.54) is 20.1 Å². The van der Waals surface area contributed by atoms with E-state index in [0.29, 0.717) is 11.5 Å². The predicted octanol–water partition coefficient (Wildman–Crippen LogP) is 6.42. The second-order valence-corrected chi connectivity index (χ2v) is 13.4. The van der Waals surface area contributed by atoms with E-state index in [1.807, 2.05) is 12.1 Å². The summed E-state index contributed by atoms with van der Waals surface area (Å²) in [6.45, 7) is 12.0. The molecular weight excluding hydrogens is 388 g/mol. The van der Waals surface area contributed by atoms with Gasteiger partial charge in [0.2, 0.25) is 0 Å². The van der Waals surface area contributed by atoms with E-state index in [-0.39, 0.29) is 12.1 Å². The highest BCUT2D eigenvalue weighted by molar-refractivity contribution is 7.31. The molecule has 4 aromatic heterocycles. The van der Waals surface area contributed by atoms with Gasteiger partial charge in [-0.05, 0) is 58.9 Å². The van der Waals surface area contributed by atoms with Crippen molar-refractivity contribution < 1.29 is 11.6 Å². The van der Waals surface area contributed by atoms with Gasteiger partial charge in [-0.25, -0.2) is 0 Å². The minimum absolute atomic E-state index is 0.188. The number of furan rings is 2. The van der Waals surface area contributed by atoms with Crippen LogP contribution in [0.1, 0.15) is 14.3 Å². The van der Waals surface area contributed by atoms with Crippen molar-refractivity contribution in [1.82, 2.24) is 0 Å². The van der Waals surface area contributed by atoms with Gasteiger partial charge in [0.05, 0.1) is 12.5 Å². The fraction of sp³-hybridized carbons (Fsp3) is 0.0909. The fourth-order valence-corrected chi connectivity index (χ4v) is 10.7. The monoisotopic (exact) mass is 408 g/mol. The highest BCUT2D eigenvalue weighted by Gasteiger charge is 2.41. The van der Waals surface area contributed by atoms with Crippen molar-refractivity contribution >= 4 is 53.2 Å². The summed E-state index contributed by atoms with van der Waals surface area (Å²) in [5.41, 5.74) is 0. The van der Waals surface area contributed by atoms with Crippen molar-refractivity contribution in [2.24, 2.45) is 0 Å². The Morgan fingerprint density at radius 2 is 1.30 bits per heavy atom. The van der Waals surface area contributed by atoms with Crippen molar-refractivity contribution in [3.63, 3.8) is 0 Å². The molecule has 4 aromatic rings. The molecule has 27 heavy (non-hydrogen) atoms. The molecule has 0 spiro atoms. The van der Waals surface area contributed by atoms with Crippen LogP contribution in [0.3, 0.4) is 0 Å². The van der Waals surface area contributed by atoms with E-state index in [1.54, 1.807) is 34.8 Å². The molecule has 0 saturated carbocycles. The molecule has 0 aliphatic carbocycles. The Bertz CT molecular complexity index is 1200. The number of fused-ring (bicyclic) bond motifs is 3. The third-order valence-corrected chi connectivity index (χ3v) is 11.4. The van der Waals surface area contributed by atoms with Gasteiger partial charge in [-0.1, -0.05) is 26.3 Å². The third-order valence-electron chi connectivity index (χ3n) is 5.06.